The van der Waals surface area contributed by atoms with Gasteiger partial charge in [-0.1, -0.05) is 18.2 Å². The Morgan fingerprint density at radius 3 is 2.59 bits per heavy atom. The molecule has 1 unspecified atom stereocenters. The van der Waals surface area contributed by atoms with Crippen LogP contribution in [0.15, 0.2) is 30.5 Å². The van der Waals surface area contributed by atoms with E-state index in [0.717, 1.165) is 16.5 Å². The van der Waals surface area contributed by atoms with Gasteiger partial charge in [-0.2, -0.15) is 0 Å². The van der Waals surface area contributed by atoms with E-state index in [-0.39, 0.29) is 23.7 Å². The number of aromatic nitrogens is 1. The van der Waals surface area contributed by atoms with E-state index in [4.69, 9.17) is 4.74 Å². The Labute approximate surface area is 132 Å². The summed E-state index contributed by atoms with van der Waals surface area (Å²) in [6.45, 7) is 9.91. The largest absolute Gasteiger partial charge is 0.462 e. The molecule has 0 fully saturated rings. The number of esters is 1. The van der Waals surface area contributed by atoms with E-state index in [2.05, 4.69) is 37.1 Å². The van der Waals surface area contributed by atoms with Gasteiger partial charge in [0.2, 0.25) is 0 Å². The number of para-hydroxylation sites is 1. The Bertz CT molecular complexity index is 638. The van der Waals surface area contributed by atoms with Crippen LogP contribution in [0.3, 0.4) is 0 Å². The van der Waals surface area contributed by atoms with Crippen molar-refractivity contribution < 1.29 is 9.53 Å². The molecule has 0 aliphatic rings. The molecule has 0 aliphatic heterocycles. The van der Waals surface area contributed by atoms with Crippen LogP contribution >= 0.6 is 0 Å². The molecule has 0 bridgehead atoms. The summed E-state index contributed by atoms with van der Waals surface area (Å²) < 4.78 is 5.41. The lowest BCUT2D eigenvalue weighted by atomic mass is 10.0. The maximum absolute atomic E-state index is 12.4. The average molecular weight is 302 g/mol. The summed E-state index contributed by atoms with van der Waals surface area (Å²) in [7, 11) is 0. The predicted molar refractivity (Wildman–Crippen MR) is 89.9 cm³/mol. The van der Waals surface area contributed by atoms with E-state index in [1.165, 1.54) is 0 Å². The van der Waals surface area contributed by atoms with Gasteiger partial charge in [0.1, 0.15) is 6.04 Å². The number of H-pyrrole nitrogens is 1. The van der Waals surface area contributed by atoms with Crippen LogP contribution in [-0.2, 0) is 16.0 Å². The third-order valence-electron chi connectivity index (χ3n) is 3.34. The topological polar surface area (TPSA) is 54.1 Å². The molecular formula is C18H26N2O2. The first-order valence-electron chi connectivity index (χ1n) is 7.79. The first-order valence-corrected chi connectivity index (χ1v) is 7.79. The summed E-state index contributed by atoms with van der Waals surface area (Å²) in [6, 6.07) is 7.76. The molecule has 0 amide bonds. The summed E-state index contributed by atoms with van der Waals surface area (Å²) in [4.78, 5) is 15.7. The smallest absolute Gasteiger partial charge is 0.323 e. The monoisotopic (exact) mass is 302 g/mol. The SMILES string of the molecule is CC(C)OC(=O)C(Cc1c[nH]c2ccccc12)NC(C)(C)C. The van der Waals surface area contributed by atoms with Crippen molar-refractivity contribution in [1.29, 1.82) is 0 Å². The summed E-state index contributed by atoms with van der Waals surface area (Å²) in [5.74, 6) is -0.199. The van der Waals surface area contributed by atoms with Crippen molar-refractivity contribution in [3.63, 3.8) is 0 Å². The van der Waals surface area contributed by atoms with Crippen LogP contribution in [0.1, 0.15) is 40.2 Å². The number of nitrogens with one attached hydrogen (secondary N) is 2. The predicted octanol–water partition coefficient (Wildman–Crippen LogP) is 3.42. The van der Waals surface area contributed by atoms with Gasteiger partial charge < -0.3 is 9.72 Å². The Balaban J connectivity index is 2.23. The standard InChI is InChI=1S/C18H26N2O2/c1-12(2)22-17(21)16(20-18(3,4)5)10-13-11-19-15-9-7-6-8-14(13)15/h6-9,11-12,16,19-20H,10H2,1-5H3. The number of hydrogen-bond acceptors (Lipinski definition) is 3. The van der Waals surface area contributed by atoms with Crippen LogP contribution in [0.4, 0.5) is 0 Å². The minimum absolute atomic E-state index is 0.111. The molecule has 0 aliphatic carbocycles. The van der Waals surface area contributed by atoms with Gasteiger partial charge in [0.05, 0.1) is 6.10 Å². The summed E-state index contributed by atoms with van der Waals surface area (Å²) in [5, 5.41) is 4.53. The van der Waals surface area contributed by atoms with Crippen LogP contribution in [0.5, 0.6) is 0 Å². The second kappa shape index (κ2) is 6.53. The third-order valence-corrected chi connectivity index (χ3v) is 3.34. The van der Waals surface area contributed by atoms with E-state index in [1.807, 2.05) is 38.2 Å². The van der Waals surface area contributed by atoms with Crippen molar-refractivity contribution >= 4 is 16.9 Å². The van der Waals surface area contributed by atoms with Crippen molar-refractivity contribution in [3.05, 3.63) is 36.0 Å². The van der Waals surface area contributed by atoms with E-state index >= 15 is 0 Å². The van der Waals surface area contributed by atoms with E-state index in [0.29, 0.717) is 6.42 Å². The van der Waals surface area contributed by atoms with Crippen molar-refractivity contribution in [2.75, 3.05) is 0 Å². The maximum atomic E-state index is 12.4. The van der Waals surface area contributed by atoms with Crippen LogP contribution < -0.4 is 5.32 Å². The Hall–Kier alpha value is -1.81. The highest BCUT2D eigenvalue weighted by atomic mass is 16.5. The zero-order chi connectivity index (χ0) is 16.3. The quantitative estimate of drug-likeness (QED) is 0.832. The fourth-order valence-corrected chi connectivity index (χ4v) is 2.55. The minimum atomic E-state index is -0.360. The number of fused-ring (bicyclic) bond motifs is 1. The molecule has 1 atom stereocenters. The van der Waals surface area contributed by atoms with Gasteiger partial charge in [-0.05, 0) is 46.2 Å². The normalized spacial score (nSPS) is 13.5. The second-order valence-electron chi connectivity index (χ2n) is 7.00. The molecule has 0 radical (unpaired) electrons. The van der Waals surface area contributed by atoms with E-state index < -0.39 is 0 Å². The van der Waals surface area contributed by atoms with Gasteiger partial charge >= 0.3 is 5.97 Å². The first-order chi connectivity index (χ1) is 10.3. The number of hydrogen-bond donors (Lipinski definition) is 2. The third kappa shape index (κ3) is 4.34. The number of carbonyl (C=O) groups excluding carboxylic acids is 1. The maximum Gasteiger partial charge on any atom is 0.323 e. The molecule has 2 rings (SSSR count). The number of ether oxygens (including phenoxy) is 1. The van der Waals surface area contributed by atoms with Gasteiger partial charge in [-0.3, -0.25) is 10.1 Å². The molecular weight excluding hydrogens is 276 g/mol. The molecule has 4 nitrogen and oxygen atoms in total. The Morgan fingerprint density at radius 2 is 1.95 bits per heavy atom. The van der Waals surface area contributed by atoms with Gasteiger partial charge in [-0.15, -0.1) is 0 Å². The van der Waals surface area contributed by atoms with Gasteiger partial charge in [0.15, 0.2) is 0 Å². The molecule has 2 N–H and O–H groups in total. The van der Waals surface area contributed by atoms with Crippen LogP contribution in [0.2, 0.25) is 0 Å². The van der Waals surface area contributed by atoms with Crippen molar-refractivity contribution in [2.45, 2.75) is 58.7 Å². The second-order valence-corrected chi connectivity index (χ2v) is 7.00. The summed E-state index contributed by atoms with van der Waals surface area (Å²) in [5.41, 5.74) is 2.05. The number of carbonyl (C=O) groups is 1. The van der Waals surface area contributed by atoms with Crippen LogP contribution in [0, 0.1) is 0 Å². The van der Waals surface area contributed by atoms with E-state index in [9.17, 15) is 4.79 Å². The molecule has 1 aromatic carbocycles. The molecule has 0 spiro atoms. The molecule has 4 heteroatoms. The van der Waals surface area contributed by atoms with Crippen molar-refractivity contribution in [3.8, 4) is 0 Å². The fraction of sp³-hybridized carbons (Fsp3) is 0.500. The Morgan fingerprint density at radius 1 is 1.27 bits per heavy atom. The molecule has 0 saturated heterocycles. The lowest BCUT2D eigenvalue weighted by Gasteiger charge is -2.28. The molecule has 0 saturated carbocycles. The lowest BCUT2D eigenvalue weighted by molar-refractivity contribution is -0.150. The molecule has 120 valence electrons. The fourth-order valence-electron chi connectivity index (χ4n) is 2.55. The Kier molecular flexibility index (Phi) is 4.91. The minimum Gasteiger partial charge on any atom is -0.462 e. The van der Waals surface area contributed by atoms with Crippen molar-refractivity contribution in [2.24, 2.45) is 0 Å². The highest BCUT2D eigenvalue weighted by molar-refractivity contribution is 5.84. The molecule has 1 aromatic heterocycles. The molecule has 2 aromatic rings. The lowest BCUT2D eigenvalue weighted by Crippen LogP contribution is -2.49. The van der Waals surface area contributed by atoms with Crippen LogP contribution in [0.25, 0.3) is 10.9 Å². The number of aromatic amines is 1. The first kappa shape index (κ1) is 16.6. The van der Waals surface area contributed by atoms with Crippen LogP contribution in [-0.4, -0.2) is 28.6 Å². The number of rotatable bonds is 5. The van der Waals surface area contributed by atoms with Gasteiger partial charge in [-0.25, -0.2) is 0 Å². The van der Waals surface area contributed by atoms with Gasteiger partial charge in [0, 0.05) is 29.1 Å². The summed E-state index contributed by atoms with van der Waals surface area (Å²) in [6.07, 6.45) is 2.47. The number of benzene rings is 1. The van der Waals surface area contributed by atoms with Crippen molar-refractivity contribution in [1.82, 2.24) is 10.3 Å². The van der Waals surface area contributed by atoms with E-state index in [1.54, 1.807) is 0 Å². The van der Waals surface area contributed by atoms with Gasteiger partial charge in [0.25, 0.3) is 0 Å². The summed E-state index contributed by atoms with van der Waals surface area (Å²) >= 11 is 0. The average Bonchev–Trinajstić information content (AvgIpc) is 2.79. The molecule has 22 heavy (non-hydrogen) atoms. The zero-order valence-corrected chi connectivity index (χ0v) is 14.1. The zero-order valence-electron chi connectivity index (χ0n) is 14.1. The molecule has 1 heterocycles. The highest BCUT2D eigenvalue weighted by Crippen LogP contribution is 2.20. The highest BCUT2D eigenvalue weighted by Gasteiger charge is 2.26.